The van der Waals surface area contributed by atoms with Gasteiger partial charge in [-0.1, -0.05) is 42.5 Å². The van der Waals surface area contributed by atoms with Gasteiger partial charge in [-0.25, -0.2) is 9.36 Å². The quantitative estimate of drug-likeness (QED) is 0.680. The molecule has 0 aliphatic heterocycles. The standard InChI is InChI=1S/C18H16N2O4/c1-24-16(21)12-20-17(22)14-9-5-6-10-15(14)19(18(20)23)11-13-7-3-2-4-8-13/h2-10H,11-12H2,1H3. The highest BCUT2D eigenvalue weighted by Crippen LogP contribution is 2.10. The van der Waals surface area contributed by atoms with Crippen LogP contribution in [0.25, 0.3) is 10.9 Å². The monoisotopic (exact) mass is 324 g/mol. The third kappa shape index (κ3) is 2.86. The maximum absolute atomic E-state index is 12.8. The van der Waals surface area contributed by atoms with Crippen molar-refractivity contribution in [1.29, 1.82) is 0 Å². The van der Waals surface area contributed by atoms with Crippen molar-refractivity contribution >= 4 is 16.9 Å². The zero-order valence-electron chi connectivity index (χ0n) is 13.1. The van der Waals surface area contributed by atoms with Crippen LogP contribution in [0.15, 0.2) is 64.2 Å². The zero-order chi connectivity index (χ0) is 17.1. The number of methoxy groups -OCH3 is 1. The molecule has 0 atom stereocenters. The Morgan fingerprint density at radius 1 is 0.958 bits per heavy atom. The van der Waals surface area contributed by atoms with Gasteiger partial charge in [-0.2, -0.15) is 0 Å². The molecule has 0 radical (unpaired) electrons. The lowest BCUT2D eigenvalue weighted by atomic mass is 10.2. The molecule has 0 unspecified atom stereocenters. The van der Waals surface area contributed by atoms with Crippen LogP contribution < -0.4 is 11.2 Å². The fraction of sp³-hybridized carbons (Fsp3) is 0.167. The minimum absolute atomic E-state index is 0.307. The van der Waals surface area contributed by atoms with Crippen LogP contribution >= 0.6 is 0 Å². The summed E-state index contributed by atoms with van der Waals surface area (Å²) in [6.45, 7) is -0.102. The van der Waals surface area contributed by atoms with Crippen molar-refractivity contribution in [2.75, 3.05) is 7.11 Å². The van der Waals surface area contributed by atoms with Crippen LogP contribution in [0.1, 0.15) is 5.56 Å². The van der Waals surface area contributed by atoms with Crippen molar-refractivity contribution in [2.45, 2.75) is 13.1 Å². The van der Waals surface area contributed by atoms with E-state index in [1.54, 1.807) is 24.3 Å². The summed E-state index contributed by atoms with van der Waals surface area (Å²) in [6, 6.07) is 16.3. The molecule has 2 aromatic carbocycles. The summed E-state index contributed by atoms with van der Waals surface area (Å²) in [5, 5.41) is 0.386. The van der Waals surface area contributed by atoms with Crippen molar-refractivity contribution < 1.29 is 9.53 Å². The number of aromatic nitrogens is 2. The van der Waals surface area contributed by atoms with Crippen LogP contribution in [0.3, 0.4) is 0 Å². The van der Waals surface area contributed by atoms with Crippen LogP contribution in [0.4, 0.5) is 0 Å². The molecule has 1 aromatic heterocycles. The molecule has 3 aromatic rings. The lowest BCUT2D eigenvalue weighted by molar-refractivity contribution is -0.141. The van der Waals surface area contributed by atoms with E-state index in [9.17, 15) is 14.4 Å². The third-order valence-electron chi connectivity index (χ3n) is 3.83. The second-order valence-corrected chi connectivity index (χ2v) is 5.34. The Morgan fingerprint density at radius 3 is 2.33 bits per heavy atom. The van der Waals surface area contributed by atoms with Gasteiger partial charge in [0.15, 0.2) is 0 Å². The van der Waals surface area contributed by atoms with E-state index in [0.29, 0.717) is 17.4 Å². The van der Waals surface area contributed by atoms with E-state index in [1.165, 1.54) is 11.7 Å². The first kappa shape index (κ1) is 15.7. The van der Waals surface area contributed by atoms with Crippen molar-refractivity contribution in [3.8, 4) is 0 Å². The van der Waals surface area contributed by atoms with Crippen molar-refractivity contribution in [3.05, 3.63) is 81.0 Å². The van der Waals surface area contributed by atoms with Gasteiger partial charge < -0.3 is 4.74 Å². The van der Waals surface area contributed by atoms with Crippen molar-refractivity contribution in [2.24, 2.45) is 0 Å². The van der Waals surface area contributed by atoms with Gasteiger partial charge in [0.2, 0.25) is 0 Å². The molecule has 0 aliphatic rings. The second kappa shape index (κ2) is 6.54. The number of carbonyl (C=O) groups is 1. The Balaban J connectivity index is 2.25. The molecule has 0 saturated heterocycles. The van der Waals surface area contributed by atoms with E-state index in [2.05, 4.69) is 4.74 Å². The summed E-state index contributed by atoms with van der Waals surface area (Å²) >= 11 is 0. The van der Waals surface area contributed by atoms with Gasteiger partial charge in [0.1, 0.15) is 6.54 Å². The molecule has 122 valence electrons. The van der Waals surface area contributed by atoms with Gasteiger partial charge in [-0.05, 0) is 17.7 Å². The molecule has 0 N–H and O–H groups in total. The largest absolute Gasteiger partial charge is 0.468 e. The molecule has 3 rings (SSSR count). The Kier molecular flexibility index (Phi) is 4.29. The number of nitrogens with zero attached hydrogens (tertiary/aromatic N) is 2. The molecule has 6 heteroatoms. The first-order valence-electron chi connectivity index (χ1n) is 7.45. The fourth-order valence-corrected chi connectivity index (χ4v) is 2.62. The molecule has 0 bridgehead atoms. The fourth-order valence-electron chi connectivity index (χ4n) is 2.62. The highest BCUT2D eigenvalue weighted by Gasteiger charge is 2.15. The maximum Gasteiger partial charge on any atom is 0.332 e. The molecule has 0 aliphatic carbocycles. The molecule has 0 spiro atoms. The molecular formula is C18H16N2O4. The number of fused-ring (bicyclic) bond motifs is 1. The topological polar surface area (TPSA) is 70.3 Å². The zero-order valence-corrected chi connectivity index (χ0v) is 13.1. The molecule has 0 fully saturated rings. The highest BCUT2D eigenvalue weighted by atomic mass is 16.5. The van der Waals surface area contributed by atoms with Crippen LogP contribution in [-0.2, 0) is 22.6 Å². The van der Waals surface area contributed by atoms with Crippen LogP contribution in [0.2, 0.25) is 0 Å². The number of benzene rings is 2. The summed E-state index contributed by atoms with van der Waals surface area (Å²) in [5.41, 5.74) is 0.434. The molecule has 1 heterocycles. The number of ether oxygens (including phenoxy) is 1. The summed E-state index contributed by atoms with van der Waals surface area (Å²) < 4.78 is 7.00. The average molecular weight is 324 g/mol. The first-order valence-corrected chi connectivity index (χ1v) is 7.45. The summed E-state index contributed by atoms with van der Waals surface area (Å²) in [6.07, 6.45) is 0. The van der Waals surface area contributed by atoms with Gasteiger partial charge in [0, 0.05) is 0 Å². The minimum Gasteiger partial charge on any atom is -0.468 e. The smallest absolute Gasteiger partial charge is 0.332 e. The Labute approximate surface area is 137 Å². The number of para-hydroxylation sites is 1. The first-order chi connectivity index (χ1) is 11.6. The molecule has 0 amide bonds. The van der Waals surface area contributed by atoms with Crippen LogP contribution in [-0.4, -0.2) is 22.2 Å². The lowest BCUT2D eigenvalue weighted by Crippen LogP contribution is -2.42. The van der Waals surface area contributed by atoms with Crippen molar-refractivity contribution in [3.63, 3.8) is 0 Å². The van der Waals surface area contributed by atoms with Gasteiger partial charge in [0.05, 0.1) is 24.6 Å². The predicted molar refractivity (Wildman–Crippen MR) is 90.0 cm³/mol. The van der Waals surface area contributed by atoms with E-state index >= 15 is 0 Å². The van der Waals surface area contributed by atoms with Crippen LogP contribution in [0, 0.1) is 0 Å². The minimum atomic E-state index is -0.643. The van der Waals surface area contributed by atoms with Gasteiger partial charge >= 0.3 is 11.7 Å². The molecular weight excluding hydrogens is 308 g/mol. The summed E-state index contributed by atoms with van der Waals surface area (Å²) in [4.78, 5) is 36.9. The number of hydrogen-bond acceptors (Lipinski definition) is 4. The van der Waals surface area contributed by atoms with Crippen molar-refractivity contribution in [1.82, 2.24) is 9.13 Å². The lowest BCUT2D eigenvalue weighted by Gasteiger charge is -2.13. The summed E-state index contributed by atoms with van der Waals surface area (Å²) in [7, 11) is 1.22. The summed E-state index contributed by atoms with van der Waals surface area (Å²) in [5.74, 6) is -0.643. The van der Waals surface area contributed by atoms with Gasteiger partial charge in [-0.15, -0.1) is 0 Å². The average Bonchev–Trinajstić information content (AvgIpc) is 2.63. The van der Waals surface area contributed by atoms with E-state index in [-0.39, 0.29) is 0 Å². The van der Waals surface area contributed by atoms with Gasteiger partial charge in [0.25, 0.3) is 5.56 Å². The Hall–Kier alpha value is -3.15. The van der Waals surface area contributed by atoms with Crippen LogP contribution in [0.5, 0.6) is 0 Å². The molecule has 6 nitrogen and oxygen atoms in total. The molecule has 24 heavy (non-hydrogen) atoms. The normalized spacial score (nSPS) is 10.7. The number of hydrogen-bond donors (Lipinski definition) is 0. The Morgan fingerprint density at radius 2 is 1.62 bits per heavy atom. The number of carbonyl (C=O) groups excluding carboxylic acids is 1. The SMILES string of the molecule is COC(=O)Cn1c(=O)c2ccccc2n(Cc2ccccc2)c1=O. The molecule has 0 saturated carbocycles. The van der Waals surface area contributed by atoms with E-state index in [4.69, 9.17) is 0 Å². The van der Waals surface area contributed by atoms with E-state index in [1.807, 2.05) is 30.3 Å². The number of rotatable bonds is 4. The van der Waals surface area contributed by atoms with Gasteiger partial charge in [-0.3, -0.25) is 14.2 Å². The van der Waals surface area contributed by atoms with E-state index in [0.717, 1.165) is 10.1 Å². The predicted octanol–water partition coefficient (Wildman–Crippen LogP) is 1.38. The number of esters is 1. The maximum atomic E-state index is 12.8. The second-order valence-electron chi connectivity index (χ2n) is 5.34. The highest BCUT2D eigenvalue weighted by molar-refractivity contribution is 5.78. The van der Waals surface area contributed by atoms with E-state index < -0.39 is 23.8 Å². The third-order valence-corrected chi connectivity index (χ3v) is 3.83. The Bertz CT molecular complexity index is 1000.